The fourth-order valence-corrected chi connectivity index (χ4v) is 2.34. The predicted octanol–water partition coefficient (Wildman–Crippen LogP) is 3.23. The summed E-state index contributed by atoms with van der Waals surface area (Å²) in [7, 11) is 0. The number of nitro benzene ring substituents is 1. The van der Waals surface area contributed by atoms with Crippen LogP contribution >= 0.6 is 15.9 Å². The number of hydrazone groups is 1. The van der Waals surface area contributed by atoms with Crippen LogP contribution in [0.4, 0.5) is 5.69 Å². The number of non-ortho nitro benzene ring substituents is 1. The number of carbonyl (C=O) groups excluding carboxylic acids is 1. The normalized spacial score (nSPS) is 10.6. The molecule has 25 heavy (non-hydrogen) atoms. The van der Waals surface area contributed by atoms with Gasteiger partial charge in [-0.05, 0) is 25.1 Å². The molecule has 0 aliphatic carbocycles. The number of nitrogens with zero attached hydrogens (tertiary/aromatic N) is 2. The first kappa shape index (κ1) is 18.4. The molecule has 0 bridgehead atoms. The third kappa shape index (κ3) is 4.77. The lowest BCUT2D eigenvalue weighted by molar-refractivity contribution is -0.385. The number of nitrogens with one attached hydrogen (secondary N) is 1. The number of hydrogen-bond donors (Lipinski definition) is 2. The summed E-state index contributed by atoms with van der Waals surface area (Å²) in [6.07, 6.45) is 1.11. The van der Waals surface area contributed by atoms with Crippen LogP contribution in [0, 0.1) is 10.1 Å². The van der Waals surface area contributed by atoms with Crippen molar-refractivity contribution < 1.29 is 19.6 Å². The molecule has 9 heteroatoms. The first-order valence-electron chi connectivity index (χ1n) is 7.15. The number of hydrogen-bond acceptors (Lipinski definition) is 6. The van der Waals surface area contributed by atoms with Crippen molar-refractivity contribution >= 4 is 33.7 Å². The highest BCUT2D eigenvalue weighted by Gasteiger charge is 2.16. The molecule has 0 radical (unpaired) electrons. The number of ether oxygens (including phenoxy) is 1. The first-order valence-corrected chi connectivity index (χ1v) is 7.94. The van der Waals surface area contributed by atoms with Crippen molar-refractivity contribution in [1.29, 1.82) is 0 Å². The van der Waals surface area contributed by atoms with Gasteiger partial charge in [-0.25, -0.2) is 5.43 Å². The van der Waals surface area contributed by atoms with Crippen LogP contribution in [0.2, 0.25) is 0 Å². The summed E-state index contributed by atoms with van der Waals surface area (Å²) >= 11 is 3.26. The molecular formula is C16H14BrN3O5. The number of carbonyl (C=O) groups is 1. The summed E-state index contributed by atoms with van der Waals surface area (Å²) in [6.45, 7) is 1.91. The molecule has 2 aromatic rings. The van der Waals surface area contributed by atoms with Gasteiger partial charge in [0.05, 0.1) is 23.8 Å². The Morgan fingerprint density at radius 3 is 2.84 bits per heavy atom. The van der Waals surface area contributed by atoms with E-state index < -0.39 is 10.8 Å². The first-order chi connectivity index (χ1) is 11.9. The van der Waals surface area contributed by atoms with Gasteiger partial charge in [0.2, 0.25) is 0 Å². The third-order valence-electron chi connectivity index (χ3n) is 3.06. The SMILES string of the molecule is CCOc1cc([N+](=O)[O-])cc(/C=N\NC(=O)c2cccc(Br)c2)c1O. The minimum atomic E-state index is -0.612. The number of rotatable bonds is 6. The van der Waals surface area contributed by atoms with Crippen LogP contribution in [-0.4, -0.2) is 28.8 Å². The maximum Gasteiger partial charge on any atom is 0.274 e. The van der Waals surface area contributed by atoms with Gasteiger partial charge < -0.3 is 9.84 Å². The van der Waals surface area contributed by atoms with E-state index in [1.807, 2.05) is 0 Å². The Morgan fingerprint density at radius 1 is 1.44 bits per heavy atom. The molecule has 8 nitrogen and oxygen atoms in total. The number of amides is 1. The van der Waals surface area contributed by atoms with Crippen molar-refractivity contribution in [2.75, 3.05) is 6.61 Å². The molecule has 0 heterocycles. The van der Waals surface area contributed by atoms with Crippen LogP contribution in [0.15, 0.2) is 46.0 Å². The topological polar surface area (TPSA) is 114 Å². The number of aromatic hydroxyl groups is 1. The molecule has 0 aromatic heterocycles. The molecule has 0 saturated carbocycles. The summed E-state index contributed by atoms with van der Waals surface area (Å²) in [5, 5.41) is 24.8. The van der Waals surface area contributed by atoms with Gasteiger partial charge in [-0.3, -0.25) is 14.9 Å². The molecule has 0 aliphatic rings. The van der Waals surface area contributed by atoms with E-state index in [-0.39, 0.29) is 29.4 Å². The van der Waals surface area contributed by atoms with Gasteiger partial charge in [0.15, 0.2) is 11.5 Å². The molecule has 1 amide bonds. The lowest BCUT2D eigenvalue weighted by Crippen LogP contribution is -2.17. The average molecular weight is 408 g/mol. The molecule has 0 spiro atoms. The second-order valence-corrected chi connectivity index (χ2v) is 5.70. The predicted molar refractivity (Wildman–Crippen MR) is 95.1 cm³/mol. The minimum absolute atomic E-state index is 0.0310. The van der Waals surface area contributed by atoms with Gasteiger partial charge in [0.25, 0.3) is 11.6 Å². The fourth-order valence-electron chi connectivity index (χ4n) is 1.94. The lowest BCUT2D eigenvalue weighted by Gasteiger charge is -2.08. The summed E-state index contributed by atoms with van der Waals surface area (Å²) in [6, 6.07) is 8.94. The zero-order valence-corrected chi connectivity index (χ0v) is 14.7. The summed E-state index contributed by atoms with van der Waals surface area (Å²) in [5.41, 5.74) is 2.45. The Labute approximate surface area is 151 Å². The Hall–Kier alpha value is -2.94. The third-order valence-corrected chi connectivity index (χ3v) is 3.55. The Kier molecular flexibility index (Phi) is 6.07. The fraction of sp³-hybridized carbons (Fsp3) is 0.125. The van der Waals surface area contributed by atoms with Crippen molar-refractivity contribution in [2.24, 2.45) is 5.10 Å². The summed E-state index contributed by atoms with van der Waals surface area (Å²) < 4.78 is 5.91. The molecule has 0 unspecified atom stereocenters. The quantitative estimate of drug-likeness (QED) is 0.433. The Balaban J connectivity index is 2.22. The van der Waals surface area contributed by atoms with Crippen LogP contribution in [0.1, 0.15) is 22.8 Å². The van der Waals surface area contributed by atoms with Gasteiger partial charge >= 0.3 is 0 Å². The Morgan fingerprint density at radius 2 is 2.20 bits per heavy atom. The van der Waals surface area contributed by atoms with E-state index in [2.05, 4.69) is 26.5 Å². The van der Waals surface area contributed by atoms with Crippen molar-refractivity contribution in [1.82, 2.24) is 5.43 Å². The number of phenolic OH excluding ortho intramolecular Hbond substituents is 1. The van der Waals surface area contributed by atoms with E-state index in [1.54, 1.807) is 31.2 Å². The molecule has 2 aromatic carbocycles. The van der Waals surface area contributed by atoms with Crippen LogP contribution in [0.5, 0.6) is 11.5 Å². The standard InChI is InChI=1S/C16H14BrN3O5/c1-2-25-14-8-13(20(23)24)7-11(15(14)21)9-18-19-16(22)10-4-3-5-12(17)6-10/h3-9,21H,2H2,1H3,(H,19,22)/b18-9-. The molecule has 2 rings (SSSR count). The number of benzene rings is 2. The zero-order chi connectivity index (χ0) is 18.4. The van der Waals surface area contributed by atoms with E-state index in [0.29, 0.717) is 5.56 Å². The van der Waals surface area contributed by atoms with Crippen LogP contribution < -0.4 is 10.2 Å². The highest BCUT2D eigenvalue weighted by Crippen LogP contribution is 2.33. The van der Waals surface area contributed by atoms with Crippen molar-refractivity contribution in [3.05, 3.63) is 62.1 Å². The minimum Gasteiger partial charge on any atom is -0.504 e. The zero-order valence-electron chi connectivity index (χ0n) is 13.1. The molecule has 130 valence electrons. The van der Waals surface area contributed by atoms with Crippen molar-refractivity contribution in [3.8, 4) is 11.5 Å². The number of phenols is 1. The molecule has 0 aliphatic heterocycles. The van der Waals surface area contributed by atoms with Gasteiger partial charge in [-0.1, -0.05) is 22.0 Å². The maximum atomic E-state index is 12.0. The van der Waals surface area contributed by atoms with Gasteiger partial charge in [0, 0.05) is 21.7 Å². The van der Waals surface area contributed by atoms with Gasteiger partial charge in [-0.2, -0.15) is 5.10 Å². The second-order valence-electron chi connectivity index (χ2n) is 4.78. The van der Waals surface area contributed by atoms with E-state index >= 15 is 0 Å². The van der Waals surface area contributed by atoms with Crippen LogP contribution in [-0.2, 0) is 0 Å². The summed E-state index contributed by atoms with van der Waals surface area (Å²) in [5.74, 6) is -0.795. The van der Waals surface area contributed by atoms with E-state index in [0.717, 1.165) is 22.8 Å². The molecule has 0 atom stereocenters. The van der Waals surface area contributed by atoms with Gasteiger partial charge in [-0.15, -0.1) is 0 Å². The number of halogens is 1. The summed E-state index contributed by atoms with van der Waals surface area (Å²) in [4.78, 5) is 22.3. The van der Waals surface area contributed by atoms with E-state index in [1.165, 1.54) is 0 Å². The maximum absolute atomic E-state index is 12.0. The van der Waals surface area contributed by atoms with Gasteiger partial charge in [0.1, 0.15) is 0 Å². The molecular weight excluding hydrogens is 394 g/mol. The van der Waals surface area contributed by atoms with Crippen molar-refractivity contribution in [3.63, 3.8) is 0 Å². The molecule has 0 fully saturated rings. The van der Waals surface area contributed by atoms with Crippen LogP contribution in [0.25, 0.3) is 0 Å². The average Bonchev–Trinajstić information content (AvgIpc) is 2.57. The smallest absolute Gasteiger partial charge is 0.274 e. The van der Waals surface area contributed by atoms with E-state index in [4.69, 9.17) is 4.74 Å². The highest BCUT2D eigenvalue weighted by atomic mass is 79.9. The molecule has 0 saturated heterocycles. The second kappa shape index (κ2) is 8.25. The Bertz CT molecular complexity index is 839. The number of nitro groups is 1. The van der Waals surface area contributed by atoms with Crippen molar-refractivity contribution in [2.45, 2.75) is 6.92 Å². The lowest BCUT2D eigenvalue weighted by atomic mass is 10.1. The monoisotopic (exact) mass is 407 g/mol. The highest BCUT2D eigenvalue weighted by molar-refractivity contribution is 9.10. The van der Waals surface area contributed by atoms with Crippen LogP contribution in [0.3, 0.4) is 0 Å². The molecule has 2 N–H and O–H groups in total. The largest absolute Gasteiger partial charge is 0.504 e. The van der Waals surface area contributed by atoms with E-state index in [9.17, 15) is 20.0 Å².